The Balaban J connectivity index is 2.04. The third kappa shape index (κ3) is 2.97. The number of benzene rings is 1. The summed E-state index contributed by atoms with van der Waals surface area (Å²) < 4.78 is 6.18. The van der Waals surface area contributed by atoms with Gasteiger partial charge in [-0.05, 0) is 43.3 Å². The number of carbonyl (C=O) groups is 1. The molecule has 0 radical (unpaired) electrons. The second-order valence-electron chi connectivity index (χ2n) is 3.72. The van der Waals surface area contributed by atoms with Crippen LogP contribution in [0.3, 0.4) is 0 Å². The van der Waals surface area contributed by atoms with E-state index in [1.54, 1.807) is 24.5 Å². The van der Waals surface area contributed by atoms with Gasteiger partial charge in [0.15, 0.2) is 0 Å². The zero-order valence-electron chi connectivity index (χ0n) is 9.31. The van der Waals surface area contributed by atoms with E-state index in [2.05, 4.69) is 21.2 Å². The molecule has 1 atom stereocenters. The lowest BCUT2D eigenvalue weighted by Gasteiger charge is -2.11. The summed E-state index contributed by atoms with van der Waals surface area (Å²) in [7, 11) is 0. The predicted octanol–water partition coefficient (Wildman–Crippen LogP) is 3.53. The van der Waals surface area contributed by atoms with Crippen molar-refractivity contribution in [1.29, 1.82) is 0 Å². The van der Waals surface area contributed by atoms with E-state index in [1.165, 1.54) is 0 Å². The van der Waals surface area contributed by atoms with E-state index in [-0.39, 0.29) is 11.9 Å². The Labute approximate surface area is 108 Å². The highest BCUT2D eigenvalue weighted by molar-refractivity contribution is 9.10. The number of carbonyl (C=O) groups excluding carboxylic acids is 1. The highest BCUT2D eigenvalue weighted by atomic mass is 79.9. The van der Waals surface area contributed by atoms with E-state index in [9.17, 15) is 4.79 Å². The van der Waals surface area contributed by atoms with Gasteiger partial charge in [-0.15, -0.1) is 0 Å². The molecule has 17 heavy (non-hydrogen) atoms. The molecule has 0 fully saturated rings. The molecule has 88 valence electrons. The van der Waals surface area contributed by atoms with Crippen LogP contribution in [0.2, 0.25) is 0 Å². The fourth-order valence-corrected chi connectivity index (χ4v) is 1.75. The van der Waals surface area contributed by atoms with Crippen molar-refractivity contribution in [3.63, 3.8) is 0 Å². The summed E-state index contributed by atoms with van der Waals surface area (Å²) in [6, 6.07) is 10.7. The van der Waals surface area contributed by atoms with Crippen LogP contribution >= 0.6 is 15.9 Å². The van der Waals surface area contributed by atoms with E-state index in [0.717, 1.165) is 10.2 Å². The topological polar surface area (TPSA) is 42.2 Å². The second-order valence-corrected chi connectivity index (χ2v) is 4.63. The third-order valence-corrected chi connectivity index (χ3v) is 2.95. The smallest absolute Gasteiger partial charge is 0.251 e. The molecular formula is C13H12BrNO2. The number of hydrogen-bond acceptors (Lipinski definition) is 2. The number of furan rings is 1. The Bertz CT molecular complexity index is 491. The van der Waals surface area contributed by atoms with Crippen LogP contribution < -0.4 is 5.32 Å². The van der Waals surface area contributed by atoms with E-state index in [4.69, 9.17) is 4.42 Å². The zero-order chi connectivity index (χ0) is 12.3. The van der Waals surface area contributed by atoms with Crippen molar-refractivity contribution < 1.29 is 9.21 Å². The summed E-state index contributed by atoms with van der Waals surface area (Å²) in [5.41, 5.74) is 0.631. The van der Waals surface area contributed by atoms with Crippen LogP contribution in [0.1, 0.15) is 29.1 Å². The average molecular weight is 294 g/mol. The first-order valence-electron chi connectivity index (χ1n) is 5.26. The minimum absolute atomic E-state index is 0.110. The number of hydrogen-bond donors (Lipinski definition) is 1. The van der Waals surface area contributed by atoms with E-state index >= 15 is 0 Å². The molecule has 1 aromatic heterocycles. The molecule has 1 aromatic carbocycles. The molecule has 3 nitrogen and oxygen atoms in total. The lowest BCUT2D eigenvalue weighted by molar-refractivity contribution is 0.0935. The Hall–Kier alpha value is -1.55. The molecule has 0 spiro atoms. The van der Waals surface area contributed by atoms with Crippen molar-refractivity contribution in [2.45, 2.75) is 13.0 Å². The van der Waals surface area contributed by atoms with Crippen molar-refractivity contribution >= 4 is 21.8 Å². The molecule has 0 saturated carbocycles. The molecular weight excluding hydrogens is 282 g/mol. The van der Waals surface area contributed by atoms with E-state index < -0.39 is 0 Å². The van der Waals surface area contributed by atoms with Crippen molar-refractivity contribution in [2.24, 2.45) is 0 Å². The second kappa shape index (κ2) is 5.19. The molecule has 1 amide bonds. The minimum Gasteiger partial charge on any atom is -0.467 e. The maximum Gasteiger partial charge on any atom is 0.251 e. The number of halogens is 1. The molecule has 1 heterocycles. The Kier molecular flexibility index (Phi) is 3.64. The van der Waals surface area contributed by atoms with Crippen LogP contribution in [0.15, 0.2) is 51.6 Å². The van der Waals surface area contributed by atoms with Gasteiger partial charge in [0.1, 0.15) is 5.76 Å². The van der Waals surface area contributed by atoms with Gasteiger partial charge in [-0.2, -0.15) is 0 Å². The molecule has 0 aliphatic carbocycles. The van der Waals surface area contributed by atoms with Crippen LogP contribution in [0.25, 0.3) is 0 Å². The molecule has 1 unspecified atom stereocenters. The van der Waals surface area contributed by atoms with Gasteiger partial charge in [-0.1, -0.05) is 15.9 Å². The first kappa shape index (κ1) is 11.9. The summed E-state index contributed by atoms with van der Waals surface area (Å²) >= 11 is 3.33. The fourth-order valence-electron chi connectivity index (χ4n) is 1.49. The Morgan fingerprint density at radius 3 is 2.59 bits per heavy atom. The van der Waals surface area contributed by atoms with Crippen molar-refractivity contribution in [3.8, 4) is 0 Å². The highest BCUT2D eigenvalue weighted by Crippen LogP contribution is 2.14. The first-order valence-corrected chi connectivity index (χ1v) is 6.06. The van der Waals surface area contributed by atoms with Crippen molar-refractivity contribution in [3.05, 3.63) is 58.5 Å². The van der Waals surface area contributed by atoms with Crippen LogP contribution in [0.4, 0.5) is 0 Å². The Morgan fingerprint density at radius 2 is 2.00 bits per heavy atom. The van der Waals surface area contributed by atoms with Crippen molar-refractivity contribution in [1.82, 2.24) is 5.32 Å². The minimum atomic E-state index is -0.138. The lowest BCUT2D eigenvalue weighted by Crippen LogP contribution is -2.26. The normalized spacial score (nSPS) is 12.1. The maximum atomic E-state index is 11.9. The summed E-state index contributed by atoms with van der Waals surface area (Å²) in [5.74, 6) is 0.636. The molecule has 0 aliphatic rings. The van der Waals surface area contributed by atoms with Crippen LogP contribution in [0, 0.1) is 0 Å². The lowest BCUT2D eigenvalue weighted by atomic mass is 10.2. The van der Waals surface area contributed by atoms with Gasteiger partial charge in [-0.3, -0.25) is 4.79 Å². The summed E-state index contributed by atoms with van der Waals surface area (Å²) in [6.07, 6.45) is 1.59. The molecule has 1 N–H and O–H groups in total. The predicted molar refractivity (Wildman–Crippen MR) is 68.7 cm³/mol. The number of nitrogens with one attached hydrogen (secondary N) is 1. The number of amides is 1. The average Bonchev–Trinajstić information content (AvgIpc) is 2.83. The highest BCUT2D eigenvalue weighted by Gasteiger charge is 2.12. The number of rotatable bonds is 3. The molecule has 0 bridgehead atoms. The quantitative estimate of drug-likeness (QED) is 0.941. The molecule has 0 saturated heterocycles. The van der Waals surface area contributed by atoms with Crippen LogP contribution in [-0.4, -0.2) is 5.91 Å². The largest absolute Gasteiger partial charge is 0.467 e. The Morgan fingerprint density at radius 1 is 1.29 bits per heavy atom. The van der Waals surface area contributed by atoms with Gasteiger partial charge in [0.05, 0.1) is 12.3 Å². The van der Waals surface area contributed by atoms with Crippen molar-refractivity contribution in [2.75, 3.05) is 0 Å². The van der Waals surface area contributed by atoms with Gasteiger partial charge < -0.3 is 9.73 Å². The fraction of sp³-hybridized carbons (Fsp3) is 0.154. The third-order valence-electron chi connectivity index (χ3n) is 2.42. The standard InChI is InChI=1S/C13H12BrNO2/c1-9(12-3-2-8-17-12)15-13(16)10-4-6-11(14)7-5-10/h2-9H,1H3,(H,15,16). The monoisotopic (exact) mass is 293 g/mol. The summed E-state index contributed by atoms with van der Waals surface area (Å²) in [4.78, 5) is 11.9. The van der Waals surface area contributed by atoms with Crippen LogP contribution in [0.5, 0.6) is 0 Å². The zero-order valence-corrected chi connectivity index (χ0v) is 10.9. The van der Waals surface area contributed by atoms with E-state index in [1.807, 2.05) is 25.1 Å². The molecule has 2 aromatic rings. The van der Waals surface area contributed by atoms with E-state index in [0.29, 0.717) is 5.56 Å². The summed E-state index contributed by atoms with van der Waals surface area (Å²) in [5, 5.41) is 2.87. The molecule has 4 heteroatoms. The molecule has 0 aliphatic heterocycles. The molecule has 2 rings (SSSR count). The summed E-state index contributed by atoms with van der Waals surface area (Å²) in [6.45, 7) is 1.88. The van der Waals surface area contributed by atoms with Gasteiger partial charge in [0.25, 0.3) is 5.91 Å². The first-order chi connectivity index (χ1) is 8.16. The van der Waals surface area contributed by atoms with Gasteiger partial charge in [-0.25, -0.2) is 0 Å². The van der Waals surface area contributed by atoms with Gasteiger partial charge in [0, 0.05) is 10.0 Å². The van der Waals surface area contributed by atoms with Gasteiger partial charge >= 0.3 is 0 Å². The maximum absolute atomic E-state index is 11.9. The SMILES string of the molecule is CC(NC(=O)c1ccc(Br)cc1)c1ccco1. The van der Waals surface area contributed by atoms with Gasteiger partial charge in [0.2, 0.25) is 0 Å². The van der Waals surface area contributed by atoms with Crippen LogP contribution in [-0.2, 0) is 0 Å².